The van der Waals surface area contributed by atoms with Crippen molar-refractivity contribution in [2.24, 2.45) is 0 Å². The van der Waals surface area contributed by atoms with Gasteiger partial charge in [0.05, 0.1) is 5.56 Å². The first-order chi connectivity index (χ1) is 10.9. The Bertz CT molecular complexity index is 722. The Morgan fingerprint density at radius 3 is 1.83 bits per heavy atom. The highest BCUT2D eigenvalue weighted by Crippen LogP contribution is 2.21. The molecule has 0 saturated heterocycles. The van der Waals surface area contributed by atoms with Crippen LogP contribution < -0.4 is 5.46 Å². The minimum atomic E-state index is -1.45. The molecule has 0 amide bonds. The van der Waals surface area contributed by atoms with Crippen molar-refractivity contribution < 1.29 is 17.6 Å². The summed E-state index contributed by atoms with van der Waals surface area (Å²) in [4.78, 5) is 0. The Morgan fingerprint density at radius 2 is 1.39 bits per heavy atom. The zero-order valence-corrected chi connectivity index (χ0v) is 12.5. The third kappa shape index (κ3) is 3.23. The minimum absolute atomic E-state index is 0.439. The normalized spacial score (nSPS) is 11.9. The van der Waals surface area contributed by atoms with Crippen LogP contribution in [-0.2, 0) is 0 Å². The van der Waals surface area contributed by atoms with E-state index in [1.54, 1.807) is 37.3 Å². The molecule has 0 fully saturated rings. The van der Waals surface area contributed by atoms with Gasteiger partial charge in [0, 0.05) is 0 Å². The van der Waals surface area contributed by atoms with Crippen LogP contribution in [0.3, 0.4) is 0 Å². The molecule has 0 saturated carbocycles. The molecule has 0 spiro atoms. The van der Waals surface area contributed by atoms with Crippen molar-refractivity contribution in [1.82, 2.24) is 0 Å². The van der Waals surface area contributed by atoms with Gasteiger partial charge in [0.2, 0.25) is 0 Å². The number of halogens is 4. The molecule has 2 aromatic rings. The van der Waals surface area contributed by atoms with Crippen molar-refractivity contribution in [3.8, 4) is 0 Å². The van der Waals surface area contributed by atoms with Crippen molar-refractivity contribution >= 4 is 24.9 Å². The summed E-state index contributed by atoms with van der Waals surface area (Å²) in [6, 6.07) is 7.11. The number of hydrogen-bond acceptors (Lipinski definition) is 0. The monoisotopic (exact) mass is 317 g/mol. The molecule has 0 heterocycles. The van der Waals surface area contributed by atoms with Gasteiger partial charge in [-0.05, 0) is 16.8 Å². The third-order valence-corrected chi connectivity index (χ3v) is 3.65. The van der Waals surface area contributed by atoms with Crippen molar-refractivity contribution in [2.75, 3.05) is 0 Å². The van der Waals surface area contributed by atoms with E-state index in [2.05, 4.69) is 13.2 Å². The van der Waals surface area contributed by atoms with E-state index in [1.807, 2.05) is 0 Å². The van der Waals surface area contributed by atoms with Crippen molar-refractivity contribution in [1.29, 1.82) is 0 Å². The zero-order valence-electron chi connectivity index (χ0n) is 12.5. The molecule has 0 N–H and O–H groups in total. The molecule has 2 rings (SSSR count). The van der Waals surface area contributed by atoms with Gasteiger partial charge in [0.15, 0.2) is 30.5 Å². The smallest absolute Gasteiger partial charge is 0.168 e. The van der Waals surface area contributed by atoms with Gasteiger partial charge < -0.3 is 0 Å². The summed E-state index contributed by atoms with van der Waals surface area (Å²) >= 11 is 0. The maximum absolute atomic E-state index is 14.0. The topological polar surface area (TPSA) is 0 Å². The van der Waals surface area contributed by atoms with Crippen molar-refractivity contribution in [2.45, 2.75) is 12.7 Å². The fourth-order valence-electron chi connectivity index (χ4n) is 2.27. The first-order valence-electron chi connectivity index (χ1n) is 6.96. The number of rotatable bonds is 5. The predicted octanol–water partition coefficient (Wildman–Crippen LogP) is 4.62. The van der Waals surface area contributed by atoms with E-state index in [0.29, 0.717) is 0 Å². The highest BCUT2D eigenvalue weighted by Gasteiger charge is 2.25. The molecule has 0 aliphatic carbocycles. The summed E-state index contributed by atoms with van der Waals surface area (Å²) in [5, 5.41) is 0. The maximum atomic E-state index is 14.0. The first-order valence-corrected chi connectivity index (χ1v) is 6.96. The average Bonchev–Trinajstić information content (AvgIpc) is 2.57. The average molecular weight is 317 g/mol. The molecular weight excluding hydrogens is 303 g/mol. The molecule has 2 aromatic carbocycles. The Labute approximate surface area is 133 Å². The van der Waals surface area contributed by atoms with E-state index in [1.165, 1.54) is 0 Å². The second-order valence-corrected chi connectivity index (χ2v) is 5.11. The third-order valence-electron chi connectivity index (χ3n) is 3.65. The van der Waals surface area contributed by atoms with Crippen LogP contribution in [0.15, 0.2) is 37.4 Å². The summed E-state index contributed by atoms with van der Waals surface area (Å²) in [6.45, 7) is 8.47. The molecule has 1 unspecified atom stereocenters. The highest BCUT2D eigenvalue weighted by atomic mass is 19.2. The van der Waals surface area contributed by atoms with E-state index in [-0.39, 0.29) is 0 Å². The van der Waals surface area contributed by atoms with Crippen molar-refractivity contribution in [3.63, 3.8) is 0 Å². The Hall–Kier alpha value is -2.30. The summed E-state index contributed by atoms with van der Waals surface area (Å²) in [6.07, 6.45) is 2.41. The molecular formula is C18H14BF4. The lowest BCUT2D eigenvalue weighted by molar-refractivity contribution is 0.460. The lowest BCUT2D eigenvalue weighted by Crippen LogP contribution is -2.30. The second-order valence-electron chi connectivity index (χ2n) is 5.11. The molecule has 0 aliphatic rings. The van der Waals surface area contributed by atoms with Crippen LogP contribution >= 0.6 is 0 Å². The molecule has 1 radical (unpaired) electrons. The van der Waals surface area contributed by atoms with Gasteiger partial charge in [-0.3, -0.25) is 0 Å². The van der Waals surface area contributed by atoms with Crippen LogP contribution in [0.5, 0.6) is 0 Å². The van der Waals surface area contributed by atoms with Crippen LogP contribution in [0.2, 0.25) is 0 Å². The molecule has 23 heavy (non-hydrogen) atoms. The van der Waals surface area contributed by atoms with Gasteiger partial charge >= 0.3 is 0 Å². The zero-order chi connectivity index (χ0) is 17.1. The first kappa shape index (κ1) is 17.1. The molecule has 5 heteroatoms. The highest BCUT2D eigenvalue weighted by molar-refractivity contribution is 6.55. The Balaban J connectivity index is 2.39. The van der Waals surface area contributed by atoms with Crippen LogP contribution in [0.1, 0.15) is 29.4 Å². The maximum Gasteiger partial charge on any atom is 0.168 e. The fraction of sp³-hybridized carbons (Fsp3) is 0.111. The SMILES string of the molecule is C=Cc1ccc(C(C)[B]c2c(F)c(F)c(C=C)c(F)c2F)cc1. The molecule has 0 aromatic heterocycles. The van der Waals surface area contributed by atoms with Gasteiger partial charge in [-0.15, -0.1) is 0 Å². The summed E-state index contributed by atoms with van der Waals surface area (Å²) in [5.41, 5.74) is 0.125. The quantitative estimate of drug-likeness (QED) is 0.429. The summed E-state index contributed by atoms with van der Waals surface area (Å²) in [5.74, 6) is -6.17. The van der Waals surface area contributed by atoms with Crippen LogP contribution in [0.4, 0.5) is 17.6 Å². The molecule has 0 aliphatic heterocycles. The molecule has 1 atom stereocenters. The van der Waals surface area contributed by atoms with Gasteiger partial charge in [-0.2, -0.15) is 0 Å². The van der Waals surface area contributed by atoms with Gasteiger partial charge in [0.25, 0.3) is 0 Å². The summed E-state index contributed by atoms with van der Waals surface area (Å²) < 4.78 is 55.6. The molecule has 0 bridgehead atoms. The fourth-order valence-corrected chi connectivity index (χ4v) is 2.27. The molecule has 0 nitrogen and oxygen atoms in total. The lowest BCUT2D eigenvalue weighted by Gasteiger charge is -2.14. The summed E-state index contributed by atoms with van der Waals surface area (Å²) in [7, 11) is 1.16. The minimum Gasteiger partial charge on any atom is -0.204 e. The number of hydrogen-bond donors (Lipinski definition) is 0. The van der Waals surface area contributed by atoms with Crippen molar-refractivity contribution in [3.05, 3.63) is 77.4 Å². The van der Waals surface area contributed by atoms with Crippen LogP contribution in [-0.4, -0.2) is 7.28 Å². The van der Waals surface area contributed by atoms with Gasteiger partial charge in [-0.1, -0.05) is 62.1 Å². The second kappa shape index (κ2) is 6.86. The van der Waals surface area contributed by atoms with E-state index in [0.717, 1.165) is 24.5 Å². The predicted molar refractivity (Wildman–Crippen MR) is 86.7 cm³/mol. The Kier molecular flexibility index (Phi) is 5.09. The van der Waals surface area contributed by atoms with E-state index < -0.39 is 40.1 Å². The Morgan fingerprint density at radius 1 is 0.870 bits per heavy atom. The standard InChI is InChI=1S/C18H14BF4/c1-4-11-6-8-12(9-7-11)10(3)19-14-17(22)15(20)13(5-2)16(21)18(14)23/h4-10H,1-2H2,3H3. The van der Waals surface area contributed by atoms with E-state index in [4.69, 9.17) is 0 Å². The van der Waals surface area contributed by atoms with E-state index in [9.17, 15) is 17.6 Å². The number of benzene rings is 2. The molecule has 117 valence electrons. The van der Waals surface area contributed by atoms with Crippen LogP contribution in [0.25, 0.3) is 12.2 Å². The van der Waals surface area contributed by atoms with Crippen LogP contribution in [0, 0.1) is 23.3 Å². The largest absolute Gasteiger partial charge is 0.204 e. The lowest BCUT2D eigenvalue weighted by atomic mass is 9.57. The van der Waals surface area contributed by atoms with Gasteiger partial charge in [0.1, 0.15) is 0 Å². The van der Waals surface area contributed by atoms with E-state index >= 15 is 0 Å². The van der Waals surface area contributed by atoms with Gasteiger partial charge in [-0.25, -0.2) is 17.6 Å².